The fourth-order valence-corrected chi connectivity index (χ4v) is 5.20. The SMILES string of the molecule is CC(C)(C)OC(=O)[C@H](CCC(=O)C=[N+]=[N-])NC(=O)[C@H](Cc1cccc(F)c1)NC(=O)OCC1c2ccccc2-c2ccccc21. The lowest BCUT2D eigenvalue weighted by atomic mass is 9.98. The van der Waals surface area contributed by atoms with Crippen LogP contribution in [0, 0.1) is 5.82 Å². The maximum atomic E-state index is 14.0. The Morgan fingerprint density at radius 1 is 0.933 bits per heavy atom. The first-order chi connectivity index (χ1) is 21.4. The van der Waals surface area contributed by atoms with Gasteiger partial charge in [0.25, 0.3) is 0 Å². The fourth-order valence-electron chi connectivity index (χ4n) is 5.20. The highest BCUT2D eigenvalue weighted by Crippen LogP contribution is 2.44. The van der Waals surface area contributed by atoms with Gasteiger partial charge in [0.2, 0.25) is 11.7 Å². The average Bonchev–Trinajstić information content (AvgIpc) is 3.30. The summed E-state index contributed by atoms with van der Waals surface area (Å²) in [5, 5.41) is 5.13. The number of fused-ring (bicyclic) bond motifs is 3. The average molecular weight is 615 g/mol. The Morgan fingerprint density at radius 2 is 1.58 bits per heavy atom. The zero-order valence-corrected chi connectivity index (χ0v) is 25.3. The number of halogens is 1. The summed E-state index contributed by atoms with van der Waals surface area (Å²) in [6.07, 6.45) is -0.701. The zero-order valence-electron chi connectivity index (χ0n) is 25.3. The van der Waals surface area contributed by atoms with E-state index in [2.05, 4.69) is 15.4 Å². The molecule has 11 heteroatoms. The van der Waals surface area contributed by atoms with E-state index in [1.165, 1.54) is 18.2 Å². The predicted molar refractivity (Wildman–Crippen MR) is 164 cm³/mol. The van der Waals surface area contributed by atoms with Gasteiger partial charge in [-0.3, -0.25) is 9.59 Å². The van der Waals surface area contributed by atoms with Crippen LogP contribution >= 0.6 is 0 Å². The summed E-state index contributed by atoms with van der Waals surface area (Å²) < 4.78 is 25.1. The Hall–Kier alpha value is -5.15. The number of carbonyl (C=O) groups excluding carboxylic acids is 4. The van der Waals surface area contributed by atoms with Crippen molar-refractivity contribution in [2.24, 2.45) is 0 Å². The minimum Gasteiger partial charge on any atom is -0.458 e. The van der Waals surface area contributed by atoms with Crippen LogP contribution in [-0.4, -0.2) is 59.0 Å². The normalized spacial score (nSPS) is 13.3. The maximum absolute atomic E-state index is 14.0. The molecule has 3 aromatic carbocycles. The van der Waals surface area contributed by atoms with Gasteiger partial charge in [-0.25, -0.2) is 14.0 Å². The number of amides is 2. The Morgan fingerprint density at radius 3 is 2.18 bits per heavy atom. The molecular formula is C34H35FN4O6. The van der Waals surface area contributed by atoms with Crippen LogP contribution in [0.5, 0.6) is 0 Å². The highest BCUT2D eigenvalue weighted by atomic mass is 19.1. The van der Waals surface area contributed by atoms with Crippen LogP contribution in [0.25, 0.3) is 16.7 Å². The van der Waals surface area contributed by atoms with Crippen LogP contribution in [0.3, 0.4) is 0 Å². The number of ether oxygens (including phenoxy) is 2. The van der Waals surface area contributed by atoms with Gasteiger partial charge in [-0.2, -0.15) is 4.79 Å². The molecule has 0 aliphatic heterocycles. The molecular weight excluding hydrogens is 579 g/mol. The zero-order chi connectivity index (χ0) is 32.6. The highest BCUT2D eigenvalue weighted by molar-refractivity contribution is 6.25. The predicted octanol–water partition coefficient (Wildman–Crippen LogP) is 4.75. The van der Waals surface area contributed by atoms with E-state index in [9.17, 15) is 23.6 Å². The van der Waals surface area contributed by atoms with Crippen molar-refractivity contribution in [1.82, 2.24) is 10.6 Å². The lowest BCUT2D eigenvalue weighted by molar-refractivity contribution is -0.159. The number of nitrogens with one attached hydrogen (secondary N) is 2. The van der Waals surface area contributed by atoms with Gasteiger partial charge >= 0.3 is 18.3 Å². The van der Waals surface area contributed by atoms with E-state index < -0.39 is 47.3 Å². The van der Waals surface area contributed by atoms with Crippen molar-refractivity contribution in [1.29, 1.82) is 0 Å². The highest BCUT2D eigenvalue weighted by Gasteiger charge is 2.32. The lowest BCUT2D eigenvalue weighted by Gasteiger charge is -2.26. The molecule has 0 saturated heterocycles. The van der Waals surface area contributed by atoms with Crippen LogP contribution in [-0.2, 0) is 30.3 Å². The van der Waals surface area contributed by atoms with E-state index in [0.29, 0.717) is 11.8 Å². The first-order valence-electron chi connectivity index (χ1n) is 14.5. The number of rotatable bonds is 12. The van der Waals surface area contributed by atoms with Gasteiger partial charge in [0.1, 0.15) is 30.1 Å². The second kappa shape index (κ2) is 14.5. The van der Waals surface area contributed by atoms with Gasteiger partial charge < -0.3 is 25.6 Å². The molecule has 0 radical (unpaired) electrons. The summed E-state index contributed by atoms with van der Waals surface area (Å²) in [5.74, 6) is -2.88. The van der Waals surface area contributed by atoms with E-state index in [0.717, 1.165) is 22.3 Å². The smallest absolute Gasteiger partial charge is 0.407 e. The number of esters is 1. The minimum atomic E-state index is -1.28. The molecule has 0 heterocycles. The minimum absolute atomic E-state index is 0.00319. The molecule has 0 spiro atoms. The molecule has 45 heavy (non-hydrogen) atoms. The molecule has 3 aromatic rings. The van der Waals surface area contributed by atoms with Gasteiger partial charge in [0.05, 0.1) is 0 Å². The van der Waals surface area contributed by atoms with Crippen molar-refractivity contribution in [3.8, 4) is 11.1 Å². The molecule has 2 atom stereocenters. The summed E-state index contributed by atoms with van der Waals surface area (Å²) in [6, 6.07) is 18.7. The van der Waals surface area contributed by atoms with E-state index in [1.54, 1.807) is 26.8 Å². The number of hydrogen-bond donors (Lipinski definition) is 2. The Bertz CT molecular complexity index is 1580. The summed E-state index contributed by atoms with van der Waals surface area (Å²) in [6.45, 7) is 4.96. The van der Waals surface area contributed by atoms with Crippen molar-refractivity contribution in [3.63, 3.8) is 0 Å². The Labute approximate surface area is 260 Å². The number of Topliss-reactive ketones (excluding diaryl/α,β-unsaturated/α-hetero) is 1. The largest absolute Gasteiger partial charge is 0.458 e. The van der Waals surface area contributed by atoms with Gasteiger partial charge in [-0.05, 0) is 67.1 Å². The summed E-state index contributed by atoms with van der Waals surface area (Å²) >= 11 is 0. The van der Waals surface area contributed by atoms with Gasteiger partial charge in [0.15, 0.2) is 0 Å². The number of hydrogen-bond acceptors (Lipinski definition) is 6. The summed E-state index contributed by atoms with van der Waals surface area (Å²) in [7, 11) is 0. The molecule has 1 aliphatic rings. The third-order valence-corrected chi connectivity index (χ3v) is 7.17. The quantitative estimate of drug-likeness (QED) is 0.130. The van der Waals surface area contributed by atoms with Crippen molar-refractivity contribution < 1.29 is 37.8 Å². The maximum Gasteiger partial charge on any atom is 0.407 e. The molecule has 4 rings (SSSR count). The molecule has 0 unspecified atom stereocenters. The van der Waals surface area contributed by atoms with E-state index in [4.69, 9.17) is 15.0 Å². The van der Waals surface area contributed by atoms with Crippen molar-refractivity contribution in [2.75, 3.05) is 6.61 Å². The van der Waals surface area contributed by atoms with Crippen molar-refractivity contribution >= 4 is 30.0 Å². The molecule has 1 aliphatic carbocycles. The second-order valence-corrected chi connectivity index (χ2v) is 11.7. The molecule has 0 fully saturated rings. The third-order valence-electron chi connectivity index (χ3n) is 7.17. The molecule has 0 aromatic heterocycles. The van der Waals surface area contributed by atoms with Crippen LogP contribution in [0.15, 0.2) is 72.8 Å². The first kappa shape index (κ1) is 32.8. The molecule has 0 saturated carbocycles. The number of nitrogens with zero attached hydrogens (tertiary/aromatic N) is 2. The first-order valence-corrected chi connectivity index (χ1v) is 14.5. The van der Waals surface area contributed by atoms with Crippen molar-refractivity contribution in [2.45, 2.75) is 63.6 Å². The van der Waals surface area contributed by atoms with Crippen LogP contribution in [0.4, 0.5) is 9.18 Å². The lowest BCUT2D eigenvalue weighted by Crippen LogP contribution is -2.53. The number of alkyl carbamates (subject to hydrolysis) is 1. The molecule has 2 amide bonds. The molecule has 0 bridgehead atoms. The van der Waals surface area contributed by atoms with E-state index in [1.807, 2.05) is 48.5 Å². The second-order valence-electron chi connectivity index (χ2n) is 11.7. The van der Waals surface area contributed by atoms with Gasteiger partial charge in [-0.15, -0.1) is 0 Å². The Balaban J connectivity index is 1.51. The standard InChI is InChI=1S/C34H35FN4O6/c1-34(2,3)45-32(42)29(16-15-23(40)19-37-36)38-31(41)30(18-21-9-8-10-22(35)17-21)39-33(43)44-20-28-26-13-6-4-11-24(26)25-12-5-7-14-27(25)28/h4-14,17,19,28-30H,15-16,18,20H2,1-3H3,(H,38,41)(H,39,43)/t29-,30-/m0/s1. The number of ketones is 1. The molecule has 234 valence electrons. The van der Waals surface area contributed by atoms with Crippen LogP contribution < -0.4 is 10.6 Å². The Kier molecular flexibility index (Phi) is 10.6. The van der Waals surface area contributed by atoms with Crippen LogP contribution in [0.1, 0.15) is 56.2 Å². The van der Waals surface area contributed by atoms with Gasteiger partial charge in [-0.1, -0.05) is 60.7 Å². The van der Waals surface area contributed by atoms with E-state index >= 15 is 0 Å². The monoisotopic (exact) mass is 614 g/mol. The van der Waals surface area contributed by atoms with E-state index in [-0.39, 0.29) is 31.8 Å². The molecule has 10 nitrogen and oxygen atoms in total. The summed E-state index contributed by atoms with van der Waals surface area (Å²) in [4.78, 5) is 54.3. The van der Waals surface area contributed by atoms with Crippen molar-refractivity contribution in [3.05, 3.63) is 101 Å². The van der Waals surface area contributed by atoms with Crippen LogP contribution in [0.2, 0.25) is 0 Å². The number of benzene rings is 3. The third kappa shape index (κ3) is 8.93. The molecule has 2 N–H and O–H groups in total. The fraction of sp³-hybridized carbons (Fsp3) is 0.324. The summed E-state index contributed by atoms with van der Waals surface area (Å²) in [5.41, 5.74) is 12.3. The number of carbonyl (C=O) groups is 4. The van der Waals surface area contributed by atoms with Gasteiger partial charge in [0, 0.05) is 18.8 Å². The topological polar surface area (TPSA) is 147 Å².